The minimum absolute atomic E-state index is 0.0846. The predicted molar refractivity (Wildman–Crippen MR) is 129 cm³/mol. The molecule has 0 aliphatic carbocycles. The molecule has 3 rings (SSSR count). The van der Waals surface area contributed by atoms with E-state index in [0.29, 0.717) is 38.9 Å². The van der Waals surface area contributed by atoms with Gasteiger partial charge in [-0.05, 0) is 44.5 Å². The number of aliphatic hydroxyl groups excluding tert-OH is 1. The number of nitrogens with zero attached hydrogens (tertiary/aromatic N) is 2. The van der Waals surface area contributed by atoms with Crippen molar-refractivity contribution >= 4 is 34.9 Å². The number of hydrogen-bond acceptors (Lipinski definition) is 7. The summed E-state index contributed by atoms with van der Waals surface area (Å²) in [4.78, 5) is 28.8. The molecule has 0 saturated heterocycles. The SMILES string of the molecule is COc1cc(CO)c(-c2cn3ccc(NC(=O)[C@@H](N)CNC(=O)OC(C)(C)C)cc3n2)cc1Cl. The van der Waals surface area contributed by atoms with Crippen molar-refractivity contribution in [2.24, 2.45) is 5.73 Å². The molecule has 34 heavy (non-hydrogen) atoms. The maximum absolute atomic E-state index is 12.4. The molecular formula is C23H28ClN5O5. The molecule has 1 aromatic carbocycles. The van der Waals surface area contributed by atoms with Crippen LogP contribution in [-0.2, 0) is 16.1 Å². The van der Waals surface area contributed by atoms with Crippen molar-refractivity contribution in [3.63, 3.8) is 0 Å². The van der Waals surface area contributed by atoms with Gasteiger partial charge in [0.15, 0.2) is 0 Å². The first kappa shape index (κ1) is 25.3. The fourth-order valence-corrected chi connectivity index (χ4v) is 3.39. The van der Waals surface area contributed by atoms with Crippen LogP contribution in [0.3, 0.4) is 0 Å². The third kappa shape index (κ3) is 6.16. The molecule has 182 valence electrons. The van der Waals surface area contributed by atoms with Gasteiger partial charge in [0.1, 0.15) is 23.0 Å². The highest BCUT2D eigenvalue weighted by molar-refractivity contribution is 6.32. The van der Waals surface area contributed by atoms with Gasteiger partial charge in [0.05, 0.1) is 24.4 Å². The standard InChI is InChI=1S/C23H28ClN5O5/c1-23(2,3)34-22(32)26-10-17(25)21(31)27-14-5-6-29-11-18(28-20(29)8-14)15-9-16(24)19(33-4)7-13(15)12-30/h5-9,11,17,30H,10,12,25H2,1-4H3,(H,26,32)(H,27,31)/t17-/m0/s1. The largest absolute Gasteiger partial charge is 0.495 e. The van der Waals surface area contributed by atoms with E-state index in [-0.39, 0.29) is 13.2 Å². The lowest BCUT2D eigenvalue weighted by Gasteiger charge is -2.20. The number of methoxy groups -OCH3 is 1. The second-order valence-corrected chi connectivity index (χ2v) is 8.99. The highest BCUT2D eigenvalue weighted by Gasteiger charge is 2.19. The lowest BCUT2D eigenvalue weighted by Crippen LogP contribution is -2.46. The Balaban J connectivity index is 1.73. The molecule has 0 spiro atoms. The van der Waals surface area contributed by atoms with Crippen molar-refractivity contribution in [1.82, 2.24) is 14.7 Å². The number of ether oxygens (including phenoxy) is 2. The number of carbonyl (C=O) groups is 2. The Hall–Kier alpha value is -3.34. The number of rotatable bonds is 7. The number of pyridine rings is 1. The Morgan fingerprint density at radius 3 is 2.68 bits per heavy atom. The third-order valence-electron chi connectivity index (χ3n) is 4.75. The zero-order chi connectivity index (χ0) is 25.0. The van der Waals surface area contributed by atoms with Gasteiger partial charge >= 0.3 is 6.09 Å². The number of alkyl carbamates (subject to hydrolysis) is 1. The summed E-state index contributed by atoms with van der Waals surface area (Å²) < 4.78 is 12.1. The minimum Gasteiger partial charge on any atom is -0.495 e. The Kier molecular flexibility index (Phi) is 7.65. The van der Waals surface area contributed by atoms with E-state index in [1.807, 2.05) is 0 Å². The number of fused-ring (bicyclic) bond motifs is 1. The maximum atomic E-state index is 12.4. The molecule has 0 fully saturated rings. The highest BCUT2D eigenvalue weighted by atomic mass is 35.5. The monoisotopic (exact) mass is 489 g/mol. The second kappa shape index (κ2) is 10.3. The average Bonchev–Trinajstić information content (AvgIpc) is 3.19. The molecule has 0 saturated carbocycles. The summed E-state index contributed by atoms with van der Waals surface area (Å²) in [6.45, 7) is 4.92. The minimum atomic E-state index is -0.979. The predicted octanol–water partition coefficient (Wildman–Crippen LogP) is 2.95. The first-order valence-corrected chi connectivity index (χ1v) is 10.9. The van der Waals surface area contributed by atoms with E-state index in [2.05, 4.69) is 15.6 Å². The Morgan fingerprint density at radius 2 is 2.03 bits per heavy atom. The summed E-state index contributed by atoms with van der Waals surface area (Å²) in [6, 6.07) is 5.75. The molecule has 3 aromatic rings. The van der Waals surface area contributed by atoms with Crippen molar-refractivity contribution in [3.05, 3.63) is 47.2 Å². The number of hydrogen-bond donors (Lipinski definition) is 4. The van der Waals surface area contributed by atoms with E-state index in [1.54, 1.807) is 61.8 Å². The first-order chi connectivity index (χ1) is 16.0. The molecule has 2 heterocycles. The molecule has 2 aromatic heterocycles. The van der Waals surface area contributed by atoms with Crippen LogP contribution >= 0.6 is 11.6 Å². The second-order valence-electron chi connectivity index (χ2n) is 8.59. The number of imidazole rings is 1. The maximum Gasteiger partial charge on any atom is 0.407 e. The van der Waals surface area contributed by atoms with Crippen molar-refractivity contribution in [2.75, 3.05) is 19.0 Å². The van der Waals surface area contributed by atoms with Gasteiger partial charge in [0.25, 0.3) is 0 Å². The molecular weight excluding hydrogens is 462 g/mol. The van der Waals surface area contributed by atoms with Gasteiger partial charge < -0.3 is 35.3 Å². The van der Waals surface area contributed by atoms with Gasteiger partial charge in [-0.25, -0.2) is 9.78 Å². The van der Waals surface area contributed by atoms with E-state index >= 15 is 0 Å². The molecule has 10 nitrogen and oxygen atoms in total. The highest BCUT2D eigenvalue weighted by Crippen LogP contribution is 2.34. The molecule has 11 heteroatoms. The molecule has 0 unspecified atom stereocenters. The number of nitrogens with two attached hydrogens (primary N) is 1. The van der Waals surface area contributed by atoms with Gasteiger partial charge in [-0.3, -0.25) is 4.79 Å². The van der Waals surface area contributed by atoms with Crippen LogP contribution in [0, 0.1) is 0 Å². The number of aliphatic hydroxyl groups is 1. The number of halogens is 1. The number of benzene rings is 1. The topological polar surface area (TPSA) is 140 Å². The fraction of sp³-hybridized carbons (Fsp3) is 0.348. The van der Waals surface area contributed by atoms with Crippen molar-refractivity contribution in [3.8, 4) is 17.0 Å². The average molecular weight is 490 g/mol. The van der Waals surface area contributed by atoms with Crippen LogP contribution in [0.5, 0.6) is 5.75 Å². The number of carbonyl (C=O) groups excluding carboxylic acids is 2. The lowest BCUT2D eigenvalue weighted by atomic mass is 10.1. The van der Waals surface area contributed by atoms with E-state index < -0.39 is 23.6 Å². The van der Waals surface area contributed by atoms with Crippen LogP contribution in [0.15, 0.2) is 36.7 Å². The normalized spacial score (nSPS) is 12.3. The number of nitrogens with one attached hydrogen (secondary N) is 2. The number of aromatic nitrogens is 2. The molecule has 0 aliphatic heterocycles. The van der Waals surface area contributed by atoms with Crippen LogP contribution in [-0.4, -0.2) is 51.8 Å². The fourth-order valence-electron chi connectivity index (χ4n) is 3.15. The Morgan fingerprint density at radius 1 is 1.29 bits per heavy atom. The molecule has 2 amide bonds. The molecule has 1 atom stereocenters. The molecule has 0 radical (unpaired) electrons. The van der Waals surface area contributed by atoms with E-state index in [0.717, 1.165) is 0 Å². The summed E-state index contributed by atoms with van der Waals surface area (Å²) in [6.07, 6.45) is 2.87. The summed E-state index contributed by atoms with van der Waals surface area (Å²) in [5.74, 6) is -0.0163. The zero-order valence-electron chi connectivity index (χ0n) is 19.4. The van der Waals surface area contributed by atoms with Crippen LogP contribution in [0.2, 0.25) is 5.02 Å². The van der Waals surface area contributed by atoms with Crippen LogP contribution in [0.25, 0.3) is 16.9 Å². The molecule has 5 N–H and O–H groups in total. The molecule has 0 bridgehead atoms. The van der Waals surface area contributed by atoms with Crippen molar-refractivity contribution in [2.45, 2.75) is 39.0 Å². The number of amides is 2. The van der Waals surface area contributed by atoms with E-state index in [9.17, 15) is 14.7 Å². The van der Waals surface area contributed by atoms with Crippen LogP contribution < -0.4 is 21.1 Å². The third-order valence-corrected chi connectivity index (χ3v) is 5.05. The van der Waals surface area contributed by atoms with Crippen LogP contribution in [0.1, 0.15) is 26.3 Å². The van der Waals surface area contributed by atoms with Crippen molar-refractivity contribution < 1.29 is 24.2 Å². The van der Waals surface area contributed by atoms with Gasteiger partial charge in [-0.1, -0.05) is 11.6 Å². The Bertz CT molecular complexity index is 1200. The quantitative estimate of drug-likeness (QED) is 0.400. The van der Waals surface area contributed by atoms with E-state index in [4.69, 9.17) is 26.8 Å². The van der Waals surface area contributed by atoms with Crippen LogP contribution in [0.4, 0.5) is 10.5 Å². The van der Waals surface area contributed by atoms with E-state index in [1.165, 1.54) is 7.11 Å². The molecule has 0 aliphatic rings. The van der Waals surface area contributed by atoms with Gasteiger partial charge in [0, 0.05) is 36.3 Å². The first-order valence-electron chi connectivity index (χ1n) is 10.5. The summed E-state index contributed by atoms with van der Waals surface area (Å²) in [5.41, 5.74) is 8.15. The zero-order valence-corrected chi connectivity index (χ0v) is 20.1. The summed E-state index contributed by atoms with van der Waals surface area (Å²) in [7, 11) is 1.50. The summed E-state index contributed by atoms with van der Waals surface area (Å²) >= 11 is 6.26. The lowest BCUT2D eigenvalue weighted by molar-refractivity contribution is -0.117. The smallest absolute Gasteiger partial charge is 0.407 e. The Labute approximate surface area is 202 Å². The van der Waals surface area contributed by atoms with Gasteiger partial charge in [-0.2, -0.15) is 0 Å². The van der Waals surface area contributed by atoms with Gasteiger partial charge in [-0.15, -0.1) is 0 Å². The summed E-state index contributed by atoms with van der Waals surface area (Å²) in [5, 5.41) is 15.4. The number of anilines is 1. The van der Waals surface area contributed by atoms with Gasteiger partial charge in [0.2, 0.25) is 5.91 Å². The van der Waals surface area contributed by atoms with Crippen molar-refractivity contribution in [1.29, 1.82) is 0 Å².